The van der Waals surface area contributed by atoms with E-state index in [0.29, 0.717) is 28.8 Å². The zero-order chi connectivity index (χ0) is 13.1. The van der Waals surface area contributed by atoms with Crippen LogP contribution < -0.4 is 0 Å². The van der Waals surface area contributed by atoms with E-state index < -0.39 is 10.0 Å². The summed E-state index contributed by atoms with van der Waals surface area (Å²) in [6.45, 7) is 6.89. The molecule has 0 N–H and O–H groups in total. The highest BCUT2D eigenvalue weighted by Crippen LogP contribution is 2.26. The van der Waals surface area contributed by atoms with E-state index in [-0.39, 0.29) is 5.88 Å². The third-order valence-corrected chi connectivity index (χ3v) is 5.87. The lowest BCUT2D eigenvalue weighted by molar-refractivity contribution is 0.381. The fourth-order valence-electron chi connectivity index (χ4n) is 1.60. The van der Waals surface area contributed by atoms with Gasteiger partial charge in [0.25, 0.3) is 0 Å². The molecule has 0 aliphatic carbocycles. The molecule has 1 aromatic rings. The Morgan fingerprint density at radius 3 is 2.59 bits per heavy atom. The van der Waals surface area contributed by atoms with Gasteiger partial charge in [0.05, 0.1) is 10.8 Å². The lowest BCUT2D eigenvalue weighted by Gasteiger charge is -2.22. The molecule has 0 saturated heterocycles. The number of halogens is 1. The fraction of sp³-hybridized carbons (Fsp3) is 0.636. The van der Waals surface area contributed by atoms with Gasteiger partial charge in [-0.3, -0.25) is 0 Å². The van der Waals surface area contributed by atoms with Gasteiger partial charge in [-0.05, 0) is 17.4 Å². The Balaban J connectivity index is 3.08. The number of thiophene rings is 1. The number of hydrogen-bond acceptors (Lipinski definition) is 3. The molecular weight excluding hydrogens is 278 g/mol. The van der Waals surface area contributed by atoms with Gasteiger partial charge in [0.15, 0.2) is 0 Å². The van der Waals surface area contributed by atoms with E-state index in [1.807, 2.05) is 20.8 Å². The Kier molecular flexibility index (Phi) is 5.44. The summed E-state index contributed by atoms with van der Waals surface area (Å²) in [6.07, 6.45) is 0. The van der Waals surface area contributed by atoms with Crippen molar-refractivity contribution in [3.05, 3.63) is 16.3 Å². The van der Waals surface area contributed by atoms with Crippen molar-refractivity contribution in [3.63, 3.8) is 0 Å². The average Bonchev–Trinajstić information content (AvgIpc) is 2.73. The van der Waals surface area contributed by atoms with Crippen molar-refractivity contribution >= 4 is 33.0 Å². The van der Waals surface area contributed by atoms with E-state index in [0.717, 1.165) is 0 Å². The molecule has 3 nitrogen and oxygen atoms in total. The molecule has 0 saturated carbocycles. The Morgan fingerprint density at radius 2 is 2.12 bits per heavy atom. The van der Waals surface area contributed by atoms with Crippen LogP contribution in [-0.2, 0) is 15.9 Å². The van der Waals surface area contributed by atoms with Gasteiger partial charge >= 0.3 is 0 Å². The van der Waals surface area contributed by atoms with Crippen LogP contribution in [0.15, 0.2) is 16.3 Å². The first kappa shape index (κ1) is 15.0. The summed E-state index contributed by atoms with van der Waals surface area (Å²) >= 11 is 7.15. The average molecular weight is 296 g/mol. The zero-order valence-corrected chi connectivity index (χ0v) is 12.7. The van der Waals surface area contributed by atoms with Gasteiger partial charge in [-0.1, -0.05) is 20.8 Å². The van der Waals surface area contributed by atoms with E-state index in [9.17, 15) is 8.42 Å². The van der Waals surface area contributed by atoms with Crippen molar-refractivity contribution in [1.29, 1.82) is 0 Å². The highest BCUT2D eigenvalue weighted by Gasteiger charge is 2.26. The second kappa shape index (κ2) is 6.18. The number of alkyl halides is 1. The zero-order valence-electron chi connectivity index (χ0n) is 10.3. The van der Waals surface area contributed by atoms with E-state index in [1.54, 1.807) is 11.4 Å². The third-order valence-electron chi connectivity index (χ3n) is 2.37. The molecule has 0 atom stereocenters. The molecule has 1 aromatic heterocycles. The minimum absolute atomic E-state index is 0.242. The largest absolute Gasteiger partial charge is 0.244 e. The van der Waals surface area contributed by atoms with Crippen LogP contribution in [0.1, 0.15) is 25.6 Å². The van der Waals surface area contributed by atoms with Crippen molar-refractivity contribution in [1.82, 2.24) is 4.31 Å². The van der Waals surface area contributed by atoms with Crippen molar-refractivity contribution in [2.45, 2.75) is 31.5 Å². The summed E-state index contributed by atoms with van der Waals surface area (Å²) < 4.78 is 26.3. The maximum atomic E-state index is 12.4. The second-order valence-electron chi connectivity index (χ2n) is 4.19. The maximum absolute atomic E-state index is 12.4. The Labute approximate surface area is 112 Å². The first-order valence-electron chi connectivity index (χ1n) is 5.56. The van der Waals surface area contributed by atoms with E-state index >= 15 is 0 Å². The molecule has 0 unspecified atom stereocenters. The van der Waals surface area contributed by atoms with Gasteiger partial charge in [-0.2, -0.15) is 4.31 Å². The van der Waals surface area contributed by atoms with Crippen LogP contribution in [0, 0.1) is 5.92 Å². The maximum Gasteiger partial charge on any atom is 0.244 e. The predicted molar refractivity (Wildman–Crippen MR) is 73.1 cm³/mol. The Morgan fingerprint density at radius 1 is 1.47 bits per heavy atom. The quantitative estimate of drug-likeness (QED) is 0.756. The molecular formula is C11H18ClNO2S2. The van der Waals surface area contributed by atoms with E-state index in [2.05, 4.69) is 0 Å². The Bertz CT molecular complexity index is 454. The summed E-state index contributed by atoms with van der Waals surface area (Å²) in [6, 6.07) is 1.64. The SMILES string of the molecule is CCN(CC(C)C)S(=O)(=O)c1ccsc1CCl. The second-order valence-corrected chi connectivity index (χ2v) is 7.37. The standard InChI is InChI=1S/C11H18ClNO2S2/c1-4-13(8-9(2)3)17(14,15)11-5-6-16-10(11)7-12/h5-6,9H,4,7-8H2,1-3H3. The minimum Gasteiger partial charge on any atom is -0.207 e. The summed E-state index contributed by atoms with van der Waals surface area (Å²) in [5, 5.41) is 1.77. The molecule has 98 valence electrons. The number of hydrogen-bond donors (Lipinski definition) is 0. The molecule has 1 heterocycles. The smallest absolute Gasteiger partial charge is 0.207 e. The van der Waals surface area contributed by atoms with Gasteiger partial charge in [-0.15, -0.1) is 22.9 Å². The Hall–Kier alpha value is -0.100. The van der Waals surface area contributed by atoms with E-state index in [1.165, 1.54) is 15.6 Å². The van der Waals surface area contributed by atoms with Crippen LogP contribution >= 0.6 is 22.9 Å². The van der Waals surface area contributed by atoms with Crippen molar-refractivity contribution in [2.75, 3.05) is 13.1 Å². The van der Waals surface area contributed by atoms with Crippen molar-refractivity contribution in [2.24, 2.45) is 5.92 Å². The lowest BCUT2D eigenvalue weighted by Crippen LogP contribution is -2.34. The summed E-state index contributed by atoms with van der Waals surface area (Å²) in [5.74, 6) is 0.550. The summed E-state index contributed by atoms with van der Waals surface area (Å²) in [5.41, 5.74) is 0. The molecule has 0 fully saturated rings. The summed E-state index contributed by atoms with van der Waals surface area (Å²) in [7, 11) is -3.39. The van der Waals surface area contributed by atoms with Crippen LogP contribution in [0.4, 0.5) is 0 Å². The minimum atomic E-state index is -3.39. The fourth-order valence-corrected chi connectivity index (χ4v) is 4.89. The molecule has 0 aromatic carbocycles. The number of sulfonamides is 1. The van der Waals surface area contributed by atoms with Crippen molar-refractivity contribution < 1.29 is 8.42 Å². The van der Waals surface area contributed by atoms with E-state index in [4.69, 9.17) is 11.6 Å². The van der Waals surface area contributed by atoms with Crippen molar-refractivity contribution in [3.8, 4) is 0 Å². The molecule has 0 radical (unpaired) electrons. The van der Waals surface area contributed by atoms with Crippen LogP contribution in [-0.4, -0.2) is 25.8 Å². The molecule has 0 aliphatic heterocycles. The molecule has 1 rings (SSSR count). The lowest BCUT2D eigenvalue weighted by atomic mass is 10.2. The third kappa shape index (κ3) is 3.44. The normalized spacial score (nSPS) is 12.6. The highest BCUT2D eigenvalue weighted by atomic mass is 35.5. The molecule has 0 bridgehead atoms. The number of nitrogens with zero attached hydrogens (tertiary/aromatic N) is 1. The van der Waals surface area contributed by atoms with Crippen LogP contribution in [0.5, 0.6) is 0 Å². The predicted octanol–water partition coefficient (Wildman–Crippen LogP) is 3.15. The first-order chi connectivity index (χ1) is 7.93. The van der Waals surface area contributed by atoms with Crippen LogP contribution in [0.3, 0.4) is 0 Å². The molecule has 6 heteroatoms. The number of rotatable bonds is 6. The topological polar surface area (TPSA) is 37.4 Å². The van der Waals surface area contributed by atoms with Gasteiger partial charge in [0.2, 0.25) is 10.0 Å². The van der Waals surface area contributed by atoms with Gasteiger partial charge in [-0.25, -0.2) is 8.42 Å². The van der Waals surface area contributed by atoms with Crippen LogP contribution in [0.25, 0.3) is 0 Å². The molecule has 17 heavy (non-hydrogen) atoms. The van der Waals surface area contributed by atoms with Gasteiger partial charge in [0.1, 0.15) is 0 Å². The first-order valence-corrected chi connectivity index (χ1v) is 8.41. The monoisotopic (exact) mass is 295 g/mol. The molecule has 0 amide bonds. The van der Waals surface area contributed by atoms with Crippen LogP contribution in [0.2, 0.25) is 0 Å². The highest BCUT2D eigenvalue weighted by molar-refractivity contribution is 7.89. The molecule has 0 spiro atoms. The van der Waals surface area contributed by atoms with Gasteiger partial charge in [0, 0.05) is 18.0 Å². The summed E-state index contributed by atoms with van der Waals surface area (Å²) in [4.78, 5) is 1.08. The van der Waals surface area contributed by atoms with Gasteiger partial charge < -0.3 is 0 Å². The molecule has 0 aliphatic rings.